The topological polar surface area (TPSA) is 34.2 Å². The normalized spacial score (nSPS) is 10.4. The van der Waals surface area contributed by atoms with Gasteiger partial charge in [0.2, 0.25) is 5.88 Å². The number of hydrogen-bond acceptors (Lipinski definition) is 3. The Morgan fingerprint density at radius 1 is 1.28 bits per heavy atom. The zero-order valence-corrected chi connectivity index (χ0v) is 11.3. The first kappa shape index (κ1) is 13.1. The number of aromatic nitrogens is 1. The molecule has 0 atom stereocenters. The zero-order chi connectivity index (χ0) is 13.0. The second-order valence-electron chi connectivity index (χ2n) is 3.67. The minimum atomic E-state index is 0.500. The number of benzene rings is 1. The van der Waals surface area contributed by atoms with E-state index in [0.717, 1.165) is 5.56 Å². The van der Waals surface area contributed by atoms with E-state index in [9.17, 15) is 0 Å². The van der Waals surface area contributed by atoms with Crippen LogP contribution in [0.4, 0.5) is 0 Å². The quantitative estimate of drug-likeness (QED) is 0.924. The van der Waals surface area contributed by atoms with Crippen LogP contribution in [0.1, 0.15) is 5.56 Å². The number of pyridine rings is 1. The van der Waals surface area contributed by atoms with Crippen LogP contribution in [-0.4, -0.2) is 12.0 Å². The summed E-state index contributed by atoms with van der Waals surface area (Å²) in [4.78, 5) is 4.20. The van der Waals surface area contributed by atoms with Gasteiger partial charge in [0.05, 0.1) is 5.02 Å². The van der Waals surface area contributed by atoms with E-state index in [1.807, 2.05) is 19.2 Å². The maximum absolute atomic E-state index is 6.05. The van der Waals surface area contributed by atoms with Crippen molar-refractivity contribution < 1.29 is 4.74 Å². The summed E-state index contributed by atoms with van der Waals surface area (Å²) in [5.41, 5.74) is 0.955. The van der Waals surface area contributed by atoms with E-state index in [-0.39, 0.29) is 0 Å². The third-order valence-electron chi connectivity index (χ3n) is 2.32. The van der Waals surface area contributed by atoms with Gasteiger partial charge in [0.15, 0.2) is 0 Å². The lowest BCUT2D eigenvalue weighted by Crippen LogP contribution is -2.07. The molecule has 0 radical (unpaired) electrons. The molecule has 5 heteroatoms. The van der Waals surface area contributed by atoms with Crippen LogP contribution in [-0.2, 0) is 6.54 Å². The molecule has 1 heterocycles. The Hall–Kier alpha value is -1.29. The lowest BCUT2D eigenvalue weighted by molar-refractivity contribution is 0.454. The molecule has 0 fully saturated rings. The molecular formula is C13H12Cl2N2O. The molecule has 2 aromatic rings. The number of halogens is 2. The van der Waals surface area contributed by atoms with E-state index in [2.05, 4.69) is 10.3 Å². The third kappa shape index (κ3) is 3.13. The molecule has 0 bridgehead atoms. The molecule has 0 unspecified atom stereocenters. The maximum atomic E-state index is 6.05. The Bertz CT molecular complexity index is 546. The highest BCUT2D eigenvalue weighted by atomic mass is 35.5. The lowest BCUT2D eigenvalue weighted by Gasteiger charge is -2.10. The van der Waals surface area contributed by atoms with Crippen LogP contribution in [0.3, 0.4) is 0 Å². The van der Waals surface area contributed by atoms with Gasteiger partial charge in [-0.1, -0.05) is 29.3 Å². The Morgan fingerprint density at radius 3 is 2.89 bits per heavy atom. The van der Waals surface area contributed by atoms with E-state index in [1.165, 1.54) is 0 Å². The molecule has 0 aliphatic rings. The minimum Gasteiger partial charge on any atom is -0.437 e. The summed E-state index contributed by atoms with van der Waals surface area (Å²) in [6.45, 7) is 0.668. The lowest BCUT2D eigenvalue weighted by atomic mass is 10.2. The van der Waals surface area contributed by atoms with Gasteiger partial charge < -0.3 is 10.1 Å². The third-order valence-corrected chi connectivity index (χ3v) is 2.86. The molecule has 0 saturated heterocycles. The van der Waals surface area contributed by atoms with Gasteiger partial charge in [-0.3, -0.25) is 0 Å². The largest absolute Gasteiger partial charge is 0.437 e. The van der Waals surface area contributed by atoms with E-state index >= 15 is 0 Å². The van der Waals surface area contributed by atoms with Gasteiger partial charge >= 0.3 is 0 Å². The summed E-state index contributed by atoms with van der Waals surface area (Å²) in [7, 11) is 1.86. The molecule has 0 spiro atoms. The Morgan fingerprint density at radius 2 is 2.11 bits per heavy atom. The predicted octanol–water partition coefficient (Wildman–Crippen LogP) is 3.90. The summed E-state index contributed by atoms with van der Waals surface area (Å²) in [5.74, 6) is 1.02. The van der Waals surface area contributed by atoms with Gasteiger partial charge in [-0.15, -0.1) is 0 Å². The Kier molecular flexibility index (Phi) is 4.42. The van der Waals surface area contributed by atoms with Crippen molar-refractivity contribution in [2.24, 2.45) is 0 Å². The number of nitrogens with zero attached hydrogens (tertiary/aromatic N) is 1. The first-order valence-electron chi connectivity index (χ1n) is 5.42. The standard InChI is InChI=1S/C13H12Cl2N2O/c1-16-8-9-3-2-6-17-13(9)18-12-7-10(14)4-5-11(12)15/h2-7,16H,8H2,1H3. The first-order valence-corrected chi connectivity index (χ1v) is 6.17. The number of ether oxygens (including phenoxy) is 1. The van der Waals surface area contributed by atoms with Gasteiger partial charge in [0, 0.05) is 29.4 Å². The Labute approximate surface area is 116 Å². The highest BCUT2D eigenvalue weighted by molar-refractivity contribution is 6.34. The summed E-state index contributed by atoms with van der Waals surface area (Å²) in [6, 6.07) is 8.88. The van der Waals surface area contributed by atoms with Crippen molar-refractivity contribution in [3.63, 3.8) is 0 Å². The van der Waals surface area contributed by atoms with E-state index in [0.29, 0.717) is 28.2 Å². The van der Waals surface area contributed by atoms with Crippen LogP contribution in [0.25, 0.3) is 0 Å². The molecule has 0 aliphatic heterocycles. The van der Waals surface area contributed by atoms with Gasteiger partial charge in [-0.2, -0.15) is 0 Å². The van der Waals surface area contributed by atoms with Crippen molar-refractivity contribution >= 4 is 23.2 Å². The molecule has 3 nitrogen and oxygen atoms in total. The van der Waals surface area contributed by atoms with Crippen LogP contribution >= 0.6 is 23.2 Å². The Balaban J connectivity index is 2.30. The van der Waals surface area contributed by atoms with Crippen molar-refractivity contribution in [2.45, 2.75) is 6.54 Å². The fourth-order valence-electron chi connectivity index (χ4n) is 1.50. The second kappa shape index (κ2) is 6.05. The van der Waals surface area contributed by atoms with Crippen LogP contribution in [0, 0.1) is 0 Å². The minimum absolute atomic E-state index is 0.500. The molecule has 2 rings (SSSR count). The molecule has 0 saturated carbocycles. The number of hydrogen-bond donors (Lipinski definition) is 1. The monoisotopic (exact) mass is 282 g/mol. The maximum Gasteiger partial charge on any atom is 0.223 e. The average Bonchev–Trinajstić information content (AvgIpc) is 2.36. The van der Waals surface area contributed by atoms with E-state index in [4.69, 9.17) is 27.9 Å². The van der Waals surface area contributed by atoms with Gasteiger partial charge in [-0.05, 0) is 25.2 Å². The van der Waals surface area contributed by atoms with Crippen molar-refractivity contribution in [1.82, 2.24) is 10.3 Å². The van der Waals surface area contributed by atoms with Crippen molar-refractivity contribution in [3.05, 3.63) is 52.1 Å². The molecule has 1 aromatic heterocycles. The first-order chi connectivity index (χ1) is 8.70. The number of nitrogens with one attached hydrogen (secondary N) is 1. The van der Waals surface area contributed by atoms with E-state index < -0.39 is 0 Å². The summed E-state index contributed by atoms with van der Waals surface area (Å²) in [5, 5.41) is 4.13. The second-order valence-corrected chi connectivity index (χ2v) is 4.52. The fourth-order valence-corrected chi connectivity index (χ4v) is 1.82. The van der Waals surface area contributed by atoms with E-state index in [1.54, 1.807) is 24.4 Å². The molecule has 18 heavy (non-hydrogen) atoms. The molecule has 0 aliphatic carbocycles. The molecule has 0 amide bonds. The summed E-state index contributed by atoms with van der Waals surface area (Å²) >= 11 is 12.0. The highest BCUT2D eigenvalue weighted by Crippen LogP contribution is 2.32. The zero-order valence-electron chi connectivity index (χ0n) is 9.78. The summed E-state index contributed by atoms with van der Waals surface area (Å²) < 4.78 is 5.71. The molecule has 1 N–H and O–H groups in total. The van der Waals surface area contributed by atoms with Crippen LogP contribution in [0.5, 0.6) is 11.6 Å². The summed E-state index contributed by atoms with van der Waals surface area (Å²) in [6.07, 6.45) is 1.67. The fraction of sp³-hybridized carbons (Fsp3) is 0.154. The molecule has 94 valence electrons. The molecular weight excluding hydrogens is 271 g/mol. The van der Waals surface area contributed by atoms with Crippen molar-refractivity contribution in [1.29, 1.82) is 0 Å². The smallest absolute Gasteiger partial charge is 0.223 e. The number of rotatable bonds is 4. The molecule has 1 aromatic carbocycles. The van der Waals surface area contributed by atoms with Crippen molar-refractivity contribution in [3.8, 4) is 11.6 Å². The van der Waals surface area contributed by atoms with Crippen LogP contribution < -0.4 is 10.1 Å². The van der Waals surface area contributed by atoms with Gasteiger partial charge in [0.25, 0.3) is 0 Å². The van der Waals surface area contributed by atoms with Gasteiger partial charge in [0.1, 0.15) is 5.75 Å². The van der Waals surface area contributed by atoms with Crippen LogP contribution in [0.2, 0.25) is 10.0 Å². The highest BCUT2D eigenvalue weighted by Gasteiger charge is 2.08. The van der Waals surface area contributed by atoms with Crippen molar-refractivity contribution in [2.75, 3.05) is 7.05 Å². The SMILES string of the molecule is CNCc1cccnc1Oc1cc(Cl)ccc1Cl. The van der Waals surface area contributed by atoms with Gasteiger partial charge in [-0.25, -0.2) is 4.98 Å². The average molecular weight is 283 g/mol. The van der Waals surface area contributed by atoms with Crippen LogP contribution in [0.15, 0.2) is 36.5 Å². The predicted molar refractivity (Wildman–Crippen MR) is 73.5 cm³/mol.